The maximum absolute atomic E-state index is 12.9. The number of hydrogen-bond donors (Lipinski definition) is 1. The molecule has 124 valence electrons. The molecule has 5 aliphatic rings. The fraction of sp³-hybridized carbons (Fsp3) is 0.947. The topological polar surface area (TPSA) is 52.3 Å². The van der Waals surface area contributed by atoms with Crippen molar-refractivity contribution in [1.29, 1.82) is 0 Å². The Hall–Kier alpha value is -0.570. The van der Waals surface area contributed by atoms with Crippen molar-refractivity contribution < 1.29 is 9.53 Å². The van der Waals surface area contributed by atoms with E-state index in [1.54, 1.807) is 0 Å². The number of carbonyl (C=O) groups is 1. The predicted octanol–water partition coefficient (Wildman–Crippen LogP) is 3.51. The van der Waals surface area contributed by atoms with Crippen molar-refractivity contribution >= 4 is 5.97 Å². The van der Waals surface area contributed by atoms with E-state index in [1.165, 1.54) is 38.5 Å². The molecule has 0 radical (unpaired) electrons. The predicted molar refractivity (Wildman–Crippen MR) is 86.0 cm³/mol. The highest BCUT2D eigenvalue weighted by Crippen LogP contribution is 2.59. The SMILES string of the molecule is CC1(OC(=O)C2CCCCC2CN)C2CC3CC(C2)CC1C3. The summed E-state index contributed by atoms with van der Waals surface area (Å²) in [4.78, 5) is 12.9. The molecule has 3 nitrogen and oxygen atoms in total. The van der Waals surface area contributed by atoms with E-state index in [0.717, 1.165) is 31.1 Å². The van der Waals surface area contributed by atoms with Gasteiger partial charge in [0.1, 0.15) is 5.60 Å². The first kappa shape index (κ1) is 15.0. The Morgan fingerprint density at radius 2 is 1.64 bits per heavy atom. The molecule has 5 saturated carbocycles. The molecule has 0 heterocycles. The van der Waals surface area contributed by atoms with Gasteiger partial charge in [0.2, 0.25) is 0 Å². The van der Waals surface area contributed by atoms with Crippen LogP contribution in [0.1, 0.15) is 64.7 Å². The number of carbonyl (C=O) groups excluding carboxylic acids is 1. The molecule has 2 atom stereocenters. The van der Waals surface area contributed by atoms with Gasteiger partial charge in [-0.1, -0.05) is 12.8 Å². The third kappa shape index (κ3) is 2.31. The van der Waals surface area contributed by atoms with Crippen LogP contribution in [0.25, 0.3) is 0 Å². The third-order valence-corrected chi connectivity index (χ3v) is 7.59. The van der Waals surface area contributed by atoms with Crippen LogP contribution in [0.4, 0.5) is 0 Å². The van der Waals surface area contributed by atoms with Gasteiger partial charge >= 0.3 is 5.97 Å². The lowest BCUT2D eigenvalue weighted by Crippen LogP contribution is -2.58. The standard InChI is InChI=1S/C19H31NO2/c1-19(15-7-12-6-13(9-15)10-16(19)8-12)22-18(21)17-5-3-2-4-14(17)11-20/h12-17H,2-11,20H2,1H3. The van der Waals surface area contributed by atoms with Crippen LogP contribution in [0.2, 0.25) is 0 Å². The van der Waals surface area contributed by atoms with Crippen LogP contribution in [0, 0.1) is 35.5 Å². The molecule has 5 fully saturated rings. The molecule has 0 aromatic carbocycles. The zero-order valence-electron chi connectivity index (χ0n) is 13.9. The lowest BCUT2D eigenvalue weighted by molar-refractivity contribution is -0.209. The summed E-state index contributed by atoms with van der Waals surface area (Å²) in [5.74, 6) is 3.56. The smallest absolute Gasteiger partial charge is 0.309 e. The van der Waals surface area contributed by atoms with Crippen LogP contribution in [0.15, 0.2) is 0 Å². The first-order chi connectivity index (χ1) is 10.6. The van der Waals surface area contributed by atoms with E-state index in [2.05, 4.69) is 6.92 Å². The molecule has 0 aromatic heterocycles. The molecule has 5 rings (SSSR count). The molecule has 4 bridgehead atoms. The second-order valence-corrected chi connectivity index (χ2v) is 8.80. The monoisotopic (exact) mass is 305 g/mol. The molecule has 0 aliphatic heterocycles. The van der Waals surface area contributed by atoms with E-state index in [9.17, 15) is 4.79 Å². The van der Waals surface area contributed by atoms with Gasteiger partial charge in [-0.05, 0) is 88.0 Å². The van der Waals surface area contributed by atoms with Gasteiger partial charge in [0.25, 0.3) is 0 Å². The fourth-order valence-corrected chi connectivity index (χ4v) is 6.38. The van der Waals surface area contributed by atoms with E-state index >= 15 is 0 Å². The van der Waals surface area contributed by atoms with Crippen molar-refractivity contribution in [3.63, 3.8) is 0 Å². The van der Waals surface area contributed by atoms with Crippen molar-refractivity contribution in [3.05, 3.63) is 0 Å². The van der Waals surface area contributed by atoms with Crippen LogP contribution < -0.4 is 5.73 Å². The second-order valence-electron chi connectivity index (χ2n) is 8.80. The largest absolute Gasteiger partial charge is 0.459 e. The molecule has 3 heteroatoms. The first-order valence-electron chi connectivity index (χ1n) is 9.53. The Labute approximate surface area is 134 Å². The second kappa shape index (κ2) is 5.51. The van der Waals surface area contributed by atoms with E-state index < -0.39 is 0 Å². The Morgan fingerprint density at radius 3 is 2.23 bits per heavy atom. The van der Waals surface area contributed by atoms with Gasteiger partial charge in [0.15, 0.2) is 0 Å². The Kier molecular flexibility index (Phi) is 3.75. The first-order valence-corrected chi connectivity index (χ1v) is 9.53. The zero-order chi connectivity index (χ0) is 15.3. The normalized spacial score (nSPS) is 50.1. The van der Waals surface area contributed by atoms with Crippen LogP contribution in [0.5, 0.6) is 0 Å². The van der Waals surface area contributed by atoms with Crippen molar-refractivity contribution in [2.24, 2.45) is 41.2 Å². The third-order valence-electron chi connectivity index (χ3n) is 7.59. The average molecular weight is 305 g/mol. The van der Waals surface area contributed by atoms with Gasteiger partial charge in [-0.3, -0.25) is 4.79 Å². The number of nitrogens with two attached hydrogens (primary N) is 1. The lowest BCUT2D eigenvalue weighted by atomic mass is 9.50. The Balaban J connectivity index is 1.49. The lowest BCUT2D eigenvalue weighted by Gasteiger charge is -2.59. The quantitative estimate of drug-likeness (QED) is 0.812. The van der Waals surface area contributed by atoms with Gasteiger partial charge in [-0.25, -0.2) is 0 Å². The van der Waals surface area contributed by atoms with Crippen molar-refractivity contribution in [2.45, 2.75) is 70.3 Å². The van der Waals surface area contributed by atoms with E-state index in [4.69, 9.17) is 10.5 Å². The van der Waals surface area contributed by atoms with Gasteiger partial charge in [-0.15, -0.1) is 0 Å². The zero-order valence-corrected chi connectivity index (χ0v) is 13.9. The minimum absolute atomic E-state index is 0.0627. The molecule has 0 saturated heterocycles. The fourth-order valence-electron chi connectivity index (χ4n) is 6.38. The van der Waals surface area contributed by atoms with Crippen LogP contribution in [0.3, 0.4) is 0 Å². The number of hydrogen-bond acceptors (Lipinski definition) is 3. The molecule has 2 unspecified atom stereocenters. The van der Waals surface area contributed by atoms with Gasteiger partial charge < -0.3 is 10.5 Å². The maximum atomic E-state index is 12.9. The van der Waals surface area contributed by atoms with Gasteiger partial charge in [0, 0.05) is 0 Å². The summed E-state index contributed by atoms with van der Waals surface area (Å²) in [5.41, 5.74) is 5.73. The minimum atomic E-state index is -0.179. The highest BCUT2D eigenvalue weighted by molar-refractivity contribution is 5.73. The van der Waals surface area contributed by atoms with Crippen molar-refractivity contribution in [1.82, 2.24) is 0 Å². The summed E-state index contributed by atoms with van der Waals surface area (Å²) >= 11 is 0. The molecule has 0 spiro atoms. The summed E-state index contributed by atoms with van der Waals surface area (Å²) in [6.45, 7) is 2.88. The van der Waals surface area contributed by atoms with E-state index in [-0.39, 0.29) is 17.5 Å². The van der Waals surface area contributed by atoms with Crippen LogP contribution >= 0.6 is 0 Å². The molecule has 0 aromatic rings. The molecule has 22 heavy (non-hydrogen) atoms. The molecular formula is C19H31NO2. The van der Waals surface area contributed by atoms with Crippen molar-refractivity contribution in [3.8, 4) is 0 Å². The Morgan fingerprint density at radius 1 is 1.05 bits per heavy atom. The number of esters is 1. The molecular weight excluding hydrogens is 274 g/mol. The van der Waals surface area contributed by atoms with Crippen molar-refractivity contribution in [2.75, 3.05) is 6.54 Å². The number of ether oxygens (including phenoxy) is 1. The number of rotatable bonds is 3. The average Bonchev–Trinajstić information content (AvgIpc) is 2.52. The highest BCUT2D eigenvalue weighted by Gasteiger charge is 2.57. The van der Waals surface area contributed by atoms with Gasteiger partial charge in [0.05, 0.1) is 5.92 Å². The van der Waals surface area contributed by atoms with Crippen LogP contribution in [-0.4, -0.2) is 18.1 Å². The summed E-state index contributed by atoms with van der Waals surface area (Å²) in [6.07, 6.45) is 11.1. The summed E-state index contributed by atoms with van der Waals surface area (Å²) in [6, 6.07) is 0. The van der Waals surface area contributed by atoms with E-state index in [1.807, 2.05) is 0 Å². The van der Waals surface area contributed by atoms with E-state index in [0.29, 0.717) is 24.3 Å². The van der Waals surface area contributed by atoms with Crippen LogP contribution in [-0.2, 0) is 9.53 Å². The molecule has 5 aliphatic carbocycles. The summed E-state index contributed by atoms with van der Waals surface area (Å²) in [5, 5.41) is 0. The molecule has 0 amide bonds. The Bertz CT molecular complexity index is 419. The van der Waals surface area contributed by atoms with Gasteiger partial charge in [-0.2, -0.15) is 0 Å². The maximum Gasteiger partial charge on any atom is 0.309 e. The summed E-state index contributed by atoms with van der Waals surface area (Å²) < 4.78 is 6.29. The summed E-state index contributed by atoms with van der Waals surface area (Å²) in [7, 11) is 0. The minimum Gasteiger partial charge on any atom is -0.459 e. The highest BCUT2D eigenvalue weighted by atomic mass is 16.6. The molecule has 2 N–H and O–H groups in total.